The highest BCUT2D eigenvalue weighted by Crippen LogP contribution is 2.23. The Balaban J connectivity index is 2.83. The number of carbonyl (C=O) groups excluding carboxylic acids is 1. The van der Waals surface area contributed by atoms with E-state index in [4.69, 9.17) is 28.5 Å². The lowest BCUT2D eigenvalue weighted by Gasteiger charge is -2.10. The van der Waals surface area contributed by atoms with E-state index in [-0.39, 0.29) is 17.7 Å². The number of anilines is 1. The predicted molar refractivity (Wildman–Crippen MR) is 64.7 cm³/mol. The number of halogens is 2. The lowest BCUT2D eigenvalue weighted by atomic mass is 10.2. The maximum absolute atomic E-state index is 11.5. The molecule has 0 aliphatic carbocycles. The first-order valence-electron chi connectivity index (χ1n) is 4.65. The molecule has 0 saturated heterocycles. The van der Waals surface area contributed by atoms with Gasteiger partial charge in [-0.15, -0.1) is 11.6 Å². The standard InChI is InChI=1S/C11H10Cl2N2O/c1-7(5-12)11(16)15-10-3-2-8(6-14)4-9(10)13/h2-4,7H,5H2,1H3,(H,15,16). The quantitative estimate of drug-likeness (QED) is 0.846. The Morgan fingerprint density at radius 3 is 2.81 bits per heavy atom. The number of hydrogen-bond donors (Lipinski definition) is 1. The van der Waals surface area contributed by atoms with Crippen molar-refractivity contribution >= 4 is 34.8 Å². The van der Waals surface area contributed by atoms with Gasteiger partial charge in [-0.05, 0) is 18.2 Å². The van der Waals surface area contributed by atoms with Gasteiger partial charge in [-0.1, -0.05) is 18.5 Å². The Morgan fingerprint density at radius 2 is 2.31 bits per heavy atom. The molecule has 84 valence electrons. The molecule has 0 fully saturated rings. The summed E-state index contributed by atoms with van der Waals surface area (Å²) in [5.74, 6) is -0.227. The van der Waals surface area contributed by atoms with Crippen LogP contribution in [0.4, 0.5) is 5.69 Å². The van der Waals surface area contributed by atoms with Crippen LogP contribution in [-0.4, -0.2) is 11.8 Å². The first kappa shape index (κ1) is 12.8. The van der Waals surface area contributed by atoms with Gasteiger partial charge in [0, 0.05) is 11.8 Å². The molecule has 1 aromatic rings. The molecule has 1 aromatic carbocycles. The fraction of sp³-hybridized carbons (Fsp3) is 0.273. The zero-order valence-corrected chi connectivity index (χ0v) is 10.1. The molecule has 0 bridgehead atoms. The van der Waals surface area contributed by atoms with Crippen molar-refractivity contribution in [3.63, 3.8) is 0 Å². The third kappa shape index (κ3) is 3.13. The minimum absolute atomic E-state index is 0.193. The third-order valence-electron chi connectivity index (χ3n) is 2.04. The van der Waals surface area contributed by atoms with Crippen molar-refractivity contribution < 1.29 is 4.79 Å². The largest absolute Gasteiger partial charge is 0.324 e. The van der Waals surface area contributed by atoms with Gasteiger partial charge in [0.15, 0.2) is 0 Å². The van der Waals surface area contributed by atoms with E-state index in [1.165, 1.54) is 6.07 Å². The lowest BCUT2D eigenvalue weighted by molar-refractivity contribution is -0.118. The molecule has 1 unspecified atom stereocenters. The molecular weight excluding hydrogens is 247 g/mol. The second kappa shape index (κ2) is 5.74. The zero-order valence-electron chi connectivity index (χ0n) is 8.63. The summed E-state index contributed by atoms with van der Waals surface area (Å²) in [6.07, 6.45) is 0. The van der Waals surface area contributed by atoms with E-state index in [9.17, 15) is 4.79 Å². The SMILES string of the molecule is CC(CCl)C(=O)Nc1ccc(C#N)cc1Cl. The maximum Gasteiger partial charge on any atom is 0.228 e. The highest BCUT2D eigenvalue weighted by molar-refractivity contribution is 6.33. The van der Waals surface area contributed by atoms with Crippen molar-refractivity contribution in [1.82, 2.24) is 0 Å². The fourth-order valence-corrected chi connectivity index (χ4v) is 1.38. The summed E-state index contributed by atoms with van der Waals surface area (Å²) >= 11 is 11.5. The molecule has 0 aliphatic rings. The van der Waals surface area contributed by atoms with Gasteiger partial charge in [0.05, 0.1) is 22.3 Å². The molecule has 1 atom stereocenters. The van der Waals surface area contributed by atoms with Crippen LogP contribution < -0.4 is 5.32 Å². The molecule has 0 heterocycles. The van der Waals surface area contributed by atoms with Crippen LogP contribution in [0.3, 0.4) is 0 Å². The summed E-state index contributed by atoms with van der Waals surface area (Å²) in [5, 5.41) is 11.6. The summed E-state index contributed by atoms with van der Waals surface area (Å²) in [4.78, 5) is 11.5. The van der Waals surface area contributed by atoms with Crippen molar-refractivity contribution in [2.45, 2.75) is 6.92 Å². The summed E-state index contributed by atoms with van der Waals surface area (Å²) < 4.78 is 0. The van der Waals surface area contributed by atoms with Gasteiger partial charge in [-0.3, -0.25) is 4.79 Å². The monoisotopic (exact) mass is 256 g/mol. The van der Waals surface area contributed by atoms with Crippen molar-refractivity contribution in [3.05, 3.63) is 28.8 Å². The third-order valence-corrected chi connectivity index (χ3v) is 2.81. The van der Waals surface area contributed by atoms with E-state index in [1.807, 2.05) is 6.07 Å². The van der Waals surface area contributed by atoms with Gasteiger partial charge in [-0.2, -0.15) is 5.26 Å². The van der Waals surface area contributed by atoms with E-state index < -0.39 is 0 Å². The zero-order chi connectivity index (χ0) is 12.1. The number of carbonyl (C=O) groups is 1. The average molecular weight is 257 g/mol. The number of rotatable bonds is 3. The van der Waals surface area contributed by atoms with Gasteiger partial charge in [0.2, 0.25) is 5.91 Å². The maximum atomic E-state index is 11.5. The van der Waals surface area contributed by atoms with Gasteiger partial charge in [0.25, 0.3) is 0 Å². The summed E-state index contributed by atoms with van der Waals surface area (Å²) in [6, 6.07) is 6.65. The van der Waals surface area contributed by atoms with Crippen LogP contribution in [0.1, 0.15) is 12.5 Å². The Bertz CT molecular complexity index is 440. The molecular formula is C11H10Cl2N2O. The van der Waals surface area contributed by atoms with Crippen molar-refractivity contribution in [3.8, 4) is 6.07 Å². The van der Waals surface area contributed by atoms with Crippen molar-refractivity contribution in [2.24, 2.45) is 5.92 Å². The number of amides is 1. The van der Waals surface area contributed by atoms with Crippen LogP contribution in [0.25, 0.3) is 0 Å². The number of benzene rings is 1. The number of nitrogens with zero attached hydrogens (tertiary/aromatic N) is 1. The van der Waals surface area contributed by atoms with Crippen LogP contribution in [-0.2, 0) is 4.79 Å². The Labute approximate surface area is 104 Å². The first-order valence-corrected chi connectivity index (χ1v) is 5.56. The summed E-state index contributed by atoms with van der Waals surface area (Å²) in [5.41, 5.74) is 0.941. The van der Waals surface area contributed by atoms with Gasteiger partial charge in [-0.25, -0.2) is 0 Å². The van der Waals surface area contributed by atoms with Gasteiger partial charge >= 0.3 is 0 Å². The number of hydrogen-bond acceptors (Lipinski definition) is 2. The molecule has 0 aromatic heterocycles. The number of nitrogens with one attached hydrogen (secondary N) is 1. The smallest absolute Gasteiger partial charge is 0.228 e. The summed E-state index contributed by atoms with van der Waals surface area (Å²) in [6.45, 7) is 1.72. The number of alkyl halides is 1. The fourth-order valence-electron chi connectivity index (χ4n) is 1.01. The Morgan fingerprint density at radius 1 is 1.62 bits per heavy atom. The average Bonchev–Trinajstić information content (AvgIpc) is 2.30. The van der Waals surface area contributed by atoms with E-state index in [0.717, 1.165) is 0 Å². The van der Waals surface area contributed by atoms with Gasteiger partial charge < -0.3 is 5.32 Å². The minimum atomic E-state index is -0.284. The van der Waals surface area contributed by atoms with E-state index in [1.54, 1.807) is 19.1 Å². The predicted octanol–water partition coefficient (Wildman–Crippen LogP) is 3.03. The highest BCUT2D eigenvalue weighted by Gasteiger charge is 2.13. The van der Waals surface area contributed by atoms with E-state index in [2.05, 4.69) is 5.32 Å². The molecule has 0 spiro atoms. The molecule has 5 heteroatoms. The topological polar surface area (TPSA) is 52.9 Å². The second-order valence-corrected chi connectivity index (χ2v) is 4.07. The Kier molecular flexibility index (Phi) is 4.60. The molecule has 0 radical (unpaired) electrons. The van der Waals surface area contributed by atoms with Crippen LogP contribution in [0, 0.1) is 17.2 Å². The highest BCUT2D eigenvalue weighted by atomic mass is 35.5. The van der Waals surface area contributed by atoms with Crippen molar-refractivity contribution in [1.29, 1.82) is 5.26 Å². The first-order chi connectivity index (χ1) is 7.58. The molecule has 0 saturated carbocycles. The molecule has 1 rings (SSSR count). The van der Waals surface area contributed by atoms with Crippen LogP contribution >= 0.6 is 23.2 Å². The van der Waals surface area contributed by atoms with Crippen molar-refractivity contribution in [2.75, 3.05) is 11.2 Å². The van der Waals surface area contributed by atoms with Crippen LogP contribution in [0.2, 0.25) is 5.02 Å². The molecule has 3 nitrogen and oxygen atoms in total. The lowest BCUT2D eigenvalue weighted by Crippen LogP contribution is -2.21. The van der Waals surface area contributed by atoms with Crippen LogP contribution in [0.15, 0.2) is 18.2 Å². The van der Waals surface area contributed by atoms with E-state index in [0.29, 0.717) is 16.3 Å². The molecule has 16 heavy (non-hydrogen) atoms. The normalized spacial score (nSPS) is 11.6. The second-order valence-electron chi connectivity index (χ2n) is 3.35. The molecule has 0 aliphatic heterocycles. The minimum Gasteiger partial charge on any atom is -0.324 e. The number of nitriles is 1. The van der Waals surface area contributed by atoms with E-state index >= 15 is 0 Å². The van der Waals surface area contributed by atoms with Gasteiger partial charge in [0.1, 0.15) is 0 Å². The molecule has 1 N–H and O–H groups in total. The molecule has 1 amide bonds. The Hall–Kier alpha value is -1.24. The van der Waals surface area contributed by atoms with Crippen LogP contribution in [0.5, 0.6) is 0 Å². The summed E-state index contributed by atoms with van der Waals surface area (Å²) in [7, 11) is 0.